The highest BCUT2D eigenvalue weighted by atomic mass is 19.4. The lowest BCUT2D eigenvalue weighted by Gasteiger charge is -2.44. The van der Waals surface area contributed by atoms with Crippen LogP contribution < -0.4 is 0 Å². The Kier molecular flexibility index (Phi) is 8.53. The number of carbonyl (C=O) groups is 1. The molecule has 1 unspecified atom stereocenters. The van der Waals surface area contributed by atoms with Crippen molar-refractivity contribution in [1.82, 2.24) is 4.90 Å². The molecule has 2 aromatic rings. The van der Waals surface area contributed by atoms with Gasteiger partial charge in [0.25, 0.3) is 0 Å². The molecule has 0 N–H and O–H groups in total. The van der Waals surface area contributed by atoms with E-state index in [0.717, 1.165) is 31.5 Å². The maximum atomic E-state index is 13.5. The van der Waals surface area contributed by atoms with Gasteiger partial charge in [-0.2, -0.15) is 26.3 Å². The molecule has 3 aliphatic rings. The van der Waals surface area contributed by atoms with Crippen molar-refractivity contribution < 1.29 is 45.3 Å². The van der Waals surface area contributed by atoms with Crippen molar-refractivity contribution in [2.45, 2.75) is 68.9 Å². The largest absolute Gasteiger partial charge is 0.416 e. The number of Topliss-reactive ketones (excluding diaryl/α,β-unsaturated/α-hetero) is 1. The van der Waals surface area contributed by atoms with Gasteiger partial charge in [-0.15, -0.1) is 0 Å². The second kappa shape index (κ2) is 11.7. The Bertz CT molecular complexity index is 1180. The van der Waals surface area contributed by atoms with Gasteiger partial charge < -0.3 is 19.1 Å². The molecular weight excluding hydrogens is 552 g/mol. The molecule has 0 aliphatic carbocycles. The Morgan fingerprint density at radius 3 is 2.20 bits per heavy atom. The van der Waals surface area contributed by atoms with Crippen LogP contribution in [0, 0.1) is 5.92 Å². The molecule has 0 saturated carbocycles. The van der Waals surface area contributed by atoms with Crippen molar-refractivity contribution in [3.05, 3.63) is 70.8 Å². The van der Waals surface area contributed by atoms with Gasteiger partial charge in [-0.25, -0.2) is 0 Å². The number of alkyl halides is 6. The van der Waals surface area contributed by atoms with E-state index in [-0.39, 0.29) is 41.5 Å². The highest BCUT2D eigenvalue weighted by Gasteiger charge is 2.44. The molecule has 3 fully saturated rings. The van der Waals surface area contributed by atoms with Crippen molar-refractivity contribution in [3.8, 4) is 0 Å². The van der Waals surface area contributed by atoms with Crippen molar-refractivity contribution in [2.24, 2.45) is 5.92 Å². The zero-order valence-corrected chi connectivity index (χ0v) is 22.6. The van der Waals surface area contributed by atoms with E-state index in [1.54, 1.807) is 0 Å². The topological polar surface area (TPSA) is 48.0 Å². The fraction of sp³-hybridized carbons (Fsp3) is 0.567. The van der Waals surface area contributed by atoms with Crippen molar-refractivity contribution in [3.63, 3.8) is 0 Å². The Morgan fingerprint density at radius 2 is 1.63 bits per heavy atom. The smallest absolute Gasteiger partial charge is 0.367 e. The van der Waals surface area contributed by atoms with E-state index >= 15 is 0 Å². The zero-order chi connectivity index (χ0) is 29.4. The van der Waals surface area contributed by atoms with Crippen LogP contribution in [0.2, 0.25) is 0 Å². The van der Waals surface area contributed by atoms with E-state index < -0.39 is 35.9 Å². The van der Waals surface area contributed by atoms with Gasteiger partial charge in [0.15, 0.2) is 12.1 Å². The predicted octanol–water partition coefficient (Wildman–Crippen LogP) is 6.77. The summed E-state index contributed by atoms with van der Waals surface area (Å²) in [5, 5.41) is 0. The van der Waals surface area contributed by atoms with Gasteiger partial charge in [0.2, 0.25) is 0 Å². The predicted molar refractivity (Wildman–Crippen MR) is 137 cm³/mol. The zero-order valence-electron chi connectivity index (χ0n) is 22.6. The number of ketones is 1. The number of hydrogen-bond donors (Lipinski definition) is 0. The second-order valence-corrected chi connectivity index (χ2v) is 11.3. The molecule has 41 heavy (non-hydrogen) atoms. The molecule has 3 saturated heterocycles. The first-order valence-electron chi connectivity index (χ1n) is 13.8. The lowest BCUT2D eigenvalue weighted by Crippen LogP contribution is -2.48. The Labute approximate surface area is 234 Å². The van der Waals surface area contributed by atoms with Gasteiger partial charge in [0.05, 0.1) is 29.4 Å². The maximum Gasteiger partial charge on any atom is 0.416 e. The molecular formula is C30H33F6NO4. The summed E-state index contributed by atoms with van der Waals surface area (Å²) in [6, 6.07) is 11.0. The molecule has 1 spiro atoms. The minimum Gasteiger partial charge on any atom is -0.367 e. The van der Waals surface area contributed by atoms with Gasteiger partial charge in [-0.1, -0.05) is 30.3 Å². The second-order valence-electron chi connectivity index (χ2n) is 11.3. The van der Waals surface area contributed by atoms with Gasteiger partial charge in [-0.3, -0.25) is 4.79 Å². The average molecular weight is 586 g/mol. The van der Waals surface area contributed by atoms with Crippen LogP contribution in [0.25, 0.3) is 0 Å². The number of ether oxygens (including phenoxy) is 3. The number of halogens is 6. The van der Waals surface area contributed by atoms with Crippen molar-refractivity contribution in [1.29, 1.82) is 0 Å². The standard InChI is InChI=1S/C30H33F6NO4/c1-19(22-13-23(29(31,32)33)15-24(14-22)30(34,35)36)41-27-26(20-5-3-2-4-6-20)21(7-12-39-27)17-37-10-8-28(9-11-37)16-25(38)18-40-28/h2-6,13-15,19,21,26-27H,7-12,16-18H2,1H3/t19-,21?,26-,27-/m1/s1. The molecule has 3 heterocycles. The number of likely N-dealkylation sites (tertiary alicyclic amines) is 1. The minimum atomic E-state index is -4.95. The van der Waals surface area contributed by atoms with Crippen LogP contribution in [-0.4, -0.2) is 55.4 Å². The molecule has 2 aromatic carbocycles. The quantitative estimate of drug-likeness (QED) is 0.350. The van der Waals surface area contributed by atoms with Crippen LogP contribution in [0.1, 0.15) is 66.9 Å². The Hall–Kier alpha value is -2.47. The number of benzene rings is 2. The van der Waals surface area contributed by atoms with Crippen molar-refractivity contribution >= 4 is 5.78 Å². The third-order valence-corrected chi connectivity index (χ3v) is 8.49. The summed E-state index contributed by atoms with van der Waals surface area (Å²) in [5.74, 6) is -0.0967. The number of piperidine rings is 1. The Morgan fingerprint density at radius 1 is 1.00 bits per heavy atom. The minimum absolute atomic E-state index is 0.0655. The highest BCUT2D eigenvalue weighted by molar-refractivity contribution is 5.82. The van der Waals surface area contributed by atoms with Gasteiger partial charge in [0.1, 0.15) is 6.61 Å². The number of hydrogen-bond acceptors (Lipinski definition) is 5. The molecule has 5 nitrogen and oxygen atoms in total. The van der Waals surface area contributed by atoms with E-state index in [9.17, 15) is 31.1 Å². The first kappa shape index (κ1) is 30.0. The molecule has 224 valence electrons. The van der Waals surface area contributed by atoms with E-state index in [0.29, 0.717) is 38.1 Å². The SMILES string of the molecule is C[C@@H](O[C@H]1OCCC(CN2CCC3(CC2)CC(=O)CO3)[C@H]1c1ccccc1)c1cc(C(F)(F)F)cc(C(F)(F)F)c1. The summed E-state index contributed by atoms with van der Waals surface area (Å²) in [4.78, 5) is 14.1. The molecule has 0 bridgehead atoms. The van der Waals surface area contributed by atoms with Crippen LogP contribution in [0.3, 0.4) is 0 Å². The third kappa shape index (κ3) is 6.96. The normalized spacial score (nSPS) is 26.4. The molecule has 0 amide bonds. The molecule has 0 radical (unpaired) electrons. The first-order valence-corrected chi connectivity index (χ1v) is 13.8. The average Bonchev–Trinajstić information content (AvgIpc) is 3.29. The summed E-state index contributed by atoms with van der Waals surface area (Å²) in [7, 11) is 0. The molecule has 3 aliphatic heterocycles. The summed E-state index contributed by atoms with van der Waals surface area (Å²) in [5.41, 5.74) is -2.43. The van der Waals surface area contributed by atoms with E-state index in [1.165, 1.54) is 6.92 Å². The molecule has 11 heteroatoms. The van der Waals surface area contributed by atoms with Crippen molar-refractivity contribution in [2.75, 3.05) is 32.8 Å². The monoisotopic (exact) mass is 585 g/mol. The molecule has 4 atom stereocenters. The number of carbonyl (C=O) groups excluding carboxylic acids is 1. The lowest BCUT2D eigenvalue weighted by molar-refractivity contribution is -0.211. The van der Waals surface area contributed by atoms with Crippen LogP contribution in [0.4, 0.5) is 26.3 Å². The van der Waals surface area contributed by atoms with E-state index in [4.69, 9.17) is 14.2 Å². The summed E-state index contributed by atoms with van der Waals surface area (Å²) >= 11 is 0. The molecule has 5 rings (SSSR count). The van der Waals surface area contributed by atoms with Gasteiger partial charge in [0, 0.05) is 32.0 Å². The highest BCUT2D eigenvalue weighted by Crippen LogP contribution is 2.42. The van der Waals surface area contributed by atoms with Gasteiger partial charge >= 0.3 is 12.4 Å². The van der Waals surface area contributed by atoms with Crippen LogP contribution in [-0.2, 0) is 31.4 Å². The molecule has 0 aromatic heterocycles. The van der Waals surface area contributed by atoms with E-state index in [1.807, 2.05) is 30.3 Å². The lowest BCUT2D eigenvalue weighted by atomic mass is 9.80. The first-order chi connectivity index (χ1) is 19.3. The van der Waals surface area contributed by atoms with Crippen LogP contribution >= 0.6 is 0 Å². The van der Waals surface area contributed by atoms with Crippen LogP contribution in [0.5, 0.6) is 0 Å². The Balaban J connectivity index is 1.35. The van der Waals surface area contributed by atoms with Crippen LogP contribution in [0.15, 0.2) is 48.5 Å². The fourth-order valence-electron chi connectivity index (χ4n) is 6.26. The fourth-order valence-corrected chi connectivity index (χ4v) is 6.26. The summed E-state index contributed by atoms with van der Waals surface area (Å²) < 4.78 is 98.8. The van der Waals surface area contributed by atoms with E-state index in [2.05, 4.69) is 4.90 Å². The maximum absolute atomic E-state index is 13.5. The summed E-state index contributed by atoms with van der Waals surface area (Å²) in [6.45, 7) is 4.19. The van der Waals surface area contributed by atoms with Gasteiger partial charge in [-0.05, 0) is 61.4 Å². The summed E-state index contributed by atoms with van der Waals surface area (Å²) in [6.07, 6.45) is -9.19. The number of rotatable bonds is 6. The third-order valence-electron chi connectivity index (χ3n) is 8.49. The number of nitrogens with zero attached hydrogens (tertiary/aromatic N) is 1.